The highest BCUT2D eigenvalue weighted by molar-refractivity contribution is 5.79. The molecule has 0 aliphatic carbocycles. The second-order valence-corrected chi connectivity index (χ2v) is 6.14. The molecule has 0 amide bonds. The van der Waals surface area contributed by atoms with E-state index in [1.165, 1.54) is 30.5 Å². The number of guanidine groups is 1. The zero-order valence-corrected chi connectivity index (χ0v) is 15.3. The van der Waals surface area contributed by atoms with Crippen molar-refractivity contribution in [2.45, 2.75) is 45.9 Å². The molecule has 5 heteroatoms. The fraction of sp³-hybridized carbons (Fsp3) is 0.632. The largest absolute Gasteiger partial charge is 0.377 e. The Morgan fingerprint density at radius 1 is 1.25 bits per heavy atom. The van der Waals surface area contributed by atoms with E-state index in [0.29, 0.717) is 12.6 Å². The Labute approximate surface area is 146 Å². The maximum atomic E-state index is 5.55. The van der Waals surface area contributed by atoms with Crippen LogP contribution in [-0.2, 0) is 17.9 Å². The maximum absolute atomic E-state index is 5.55. The summed E-state index contributed by atoms with van der Waals surface area (Å²) in [6.45, 7) is 9.71. The highest BCUT2D eigenvalue weighted by Gasteiger charge is 2.22. The van der Waals surface area contributed by atoms with Crippen molar-refractivity contribution in [1.29, 1.82) is 0 Å². The van der Waals surface area contributed by atoms with Crippen LogP contribution >= 0.6 is 0 Å². The summed E-state index contributed by atoms with van der Waals surface area (Å²) in [5.41, 5.74) is 2.49. The molecule has 1 atom stereocenters. The van der Waals surface area contributed by atoms with Crippen LogP contribution in [0.1, 0.15) is 37.8 Å². The van der Waals surface area contributed by atoms with Crippen LogP contribution in [0.25, 0.3) is 0 Å². The standard InChI is InChI=1S/C19H32N4O/c1-4-23-12-8-11-18(23)14-22-19(20-3)21-13-16-9-6-7-10-17(16)15-24-5-2/h6-7,9-10,18H,4-5,8,11-15H2,1-3H3,(H2,20,21,22). The van der Waals surface area contributed by atoms with Gasteiger partial charge in [0, 0.05) is 32.8 Å². The summed E-state index contributed by atoms with van der Waals surface area (Å²) in [6, 6.07) is 9.02. The first-order valence-electron chi connectivity index (χ1n) is 9.11. The molecular weight excluding hydrogens is 300 g/mol. The highest BCUT2D eigenvalue weighted by Crippen LogP contribution is 2.15. The van der Waals surface area contributed by atoms with Crippen molar-refractivity contribution in [1.82, 2.24) is 15.5 Å². The van der Waals surface area contributed by atoms with Gasteiger partial charge in [-0.2, -0.15) is 0 Å². The third-order valence-electron chi connectivity index (χ3n) is 4.66. The van der Waals surface area contributed by atoms with Crippen molar-refractivity contribution >= 4 is 5.96 Å². The van der Waals surface area contributed by atoms with Gasteiger partial charge >= 0.3 is 0 Å². The van der Waals surface area contributed by atoms with Crippen LogP contribution < -0.4 is 10.6 Å². The van der Waals surface area contributed by atoms with Gasteiger partial charge in [-0.15, -0.1) is 0 Å². The summed E-state index contributed by atoms with van der Waals surface area (Å²) in [6.07, 6.45) is 2.58. The van der Waals surface area contributed by atoms with Crippen molar-refractivity contribution in [3.8, 4) is 0 Å². The number of likely N-dealkylation sites (tertiary alicyclic amines) is 1. The molecule has 1 fully saturated rings. The van der Waals surface area contributed by atoms with Crippen LogP contribution in [0.4, 0.5) is 0 Å². The molecule has 2 N–H and O–H groups in total. The summed E-state index contributed by atoms with van der Waals surface area (Å²) in [5.74, 6) is 0.865. The molecule has 0 saturated carbocycles. The van der Waals surface area contributed by atoms with Crippen LogP contribution in [-0.4, -0.2) is 50.2 Å². The van der Waals surface area contributed by atoms with Gasteiger partial charge in [-0.05, 0) is 44.0 Å². The van der Waals surface area contributed by atoms with E-state index in [0.717, 1.165) is 32.2 Å². The number of rotatable bonds is 8. The van der Waals surface area contributed by atoms with Gasteiger partial charge in [-0.25, -0.2) is 0 Å². The molecule has 0 bridgehead atoms. The first kappa shape index (κ1) is 18.7. The monoisotopic (exact) mass is 332 g/mol. The second-order valence-electron chi connectivity index (χ2n) is 6.14. The van der Waals surface area contributed by atoms with E-state index in [9.17, 15) is 0 Å². The smallest absolute Gasteiger partial charge is 0.191 e. The molecule has 1 saturated heterocycles. The van der Waals surface area contributed by atoms with Crippen LogP contribution in [0.5, 0.6) is 0 Å². The summed E-state index contributed by atoms with van der Waals surface area (Å²) in [5, 5.41) is 6.90. The van der Waals surface area contributed by atoms with Crippen molar-refractivity contribution in [2.24, 2.45) is 4.99 Å². The first-order valence-corrected chi connectivity index (χ1v) is 9.11. The van der Waals surface area contributed by atoms with Crippen LogP contribution in [0.15, 0.2) is 29.3 Å². The topological polar surface area (TPSA) is 48.9 Å². The van der Waals surface area contributed by atoms with Crippen molar-refractivity contribution in [2.75, 3.05) is 33.3 Å². The predicted molar refractivity (Wildman–Crippen MR) is 100 cm³/mol. The lowest BCUT2D eigenvalue weighted by Crippen LogP contribution is -2.44. The lowest BCUT2D eigenvalue weighted by molar-refractivity contribution is 0.133. The lowest BCUT2D eigenvalue weighted by Gasteiger charge is -2.24. The zero-order chi connectivity index (χ0) is 17.2. The van der Waals surface area contributed by atoms with Crippen LogP contribution in [0, 0.1) is 0 Å². The minimum absolute atomic E-state index is 0.624. The van der Waals surface area contributed by atoms with Gasteiger partial charge in [0.05, 0.1) is 6.61 Å². The molecule has 24 heavy (non-hydrogen) atoms. The summed E-state index contributed by atoms with van der Waals surface area (Å²) in [4.78, 5) is 6.89. The molecule has 0 aromatic heterocycles. The second kappa shape index (κ2) is 10.3. The number of nitrogens with one attached hydrogen (secondary N) is 2. The van der Waals surface area contributed by atoms with E-state index >= 15 is 0 Å². The van der Waals surface area contributed by atoms with Gasteiger partial charge in [0.25, 0.3) is 0 Å². The fourth-order valence-electron chi connectivity index (χ4n) is 3.24. The normalized spacial score (nSPS) is 18.8. The molecular formula is C19H32N4O. The molecule has 1 aliphatic heterocycles. The molecule has 134 valence electrons. The number of nitrogens with zero attached hydrogens (tertiary/aromatic N) is 2. The molecule has 2 rings (SSSR count). The van der Waals surface area contributed by atoms with Crippen LogP contribution in [0.3, 0.4) is 0 Å². The van der Waals surface area contributed by atoms with Gasteiger partial charge in [0.2, 0.25) is 0 Å². The zero-order valence-electron chi connectivity index (χ0n) is 15.3. The molecule has 0 spiro atoms. The van der Waals surface area contributed by atoms with Crippen molar-refractivity contribution < 1.29 is 4.74 Å². The van der Waals surface area contributed by atoms with E-state index in [1.54, 1.807) is 0 Å². The average Bonchev–Trinajstić information content (AvgIpc) is 3.08. The Morgan fingerprint density at radius 3 is 2.75 bits per heavy atom. The summed E-state index contributed by atoms with van der Waals surface area (Å²) >= 11 is 0. The van der Waals surface area contributed by atoms with Crippen molar-refractivity contribution in [3.63, 3.8) is 0 Å². The third kappa shape index (κ3) is 5.49. The molecule has 1 aromatic rings. The number of hydrogen-bond donors (Lipinski definition) is 2. The minimum Gasteiger partial charge on any atom is -0.377 e. The fourth-order valence-corrected chi connectivity index (χ4v) is 3.24. The lowest BCUT2D eigenvalue weighted by atomic mass is 10.1. The number of benzene rings is 1. The molecule has 1 unspecified atom stereocenters. The van der Waals surface area contributed by atoms with E-state index in [4.69, 9.17) is 4.74 Å². The van der Waals surface area contributed by atoms with E-state index < -0.39 is 0 Å². The number of likely N-dealkylation sites (N-methyl/N-ethyl adjacent to an activating group) is 1. The van der Waals surface area contributed by atoms with Gasteiger partial charge in [-0.3, -0.25) is 9.89 Å². The van der Waals surface area contributed by atoms with E-state index in [1.807, 2.05) is 14.0 Å². The Hall–Kier alpha value is -1.59. The molecule has 0 radical (unpaired) electrons. The van der Waals surface area contributed by atoms with Crippen LogP contribution in [0.2, 0.25) is 0 Å². The molecule has 5 nitrogen and oxygen atoms in total. The number of ether oxygens (including phenoxy) is 1. The van der Waals surface area contributed by atoms with E-state index in [2.05, 4.69) is 51.7 Å². The number of aliphatic imine (C=N–C) groups is 1. The SMILES string of the molecule is CCOCc1ccccc1CNC(=NC)NCC1CCCN1CC. The highest BCUT2D eigenvalue weighted by atomic mass is 16.5. The Bertz CT molecular complexity index is 518. The third-order valence-corrected chi connectivity index (χ3v) is 4.66. The quantitative estimate of drug-likeness (QED) is 0.567. The molecule has 1 aliphatic rings. The van der Waals surface area contributed by atoms with Crippen molar-refractivity contribution in [3.05, 3.63) is 35.4 Å². The Morgan fingerprint density at radius 2 is 2.04 bits per heavy atom. The summed E-state index contributed by atoms with van der Waals surface area (Å²) < 4.78 is 5.55. The Balaban J connectivity index is 1.83. The molecule has 1 heterocycles. The maximum Gasteiger partial charge on any atom is 0.191 e. The summed E-state index contributed by atoms with van der Waals surface area (Å²) in [7, 11) is 1.83. The van der Waals surface area contributed by atoms with Gasteiger partial charge in [0.1, 0.15) is 0 Å². The predicted octanol–water partition coefficient (Wildman–Crippen LogP) is 2.37. The van der Waals surface area contributed by atoms with Gasteiger partial charge in [-0.1, -0.05) is 31.2 Å². The first-order chi connectivity index (χ1) is 11.8. The Kier molecular flexibility index (Phi) is 8.05. The van der Waals surface area contributed by atoms with E-state index in [-0.39, 0.29) is 0 Å². The average molecular weight is 332 g/mol. The van der Waals surface area contributed by atoms with Gasteiger partial charge < -0.3 is 15.4 Å². The number of hydrogen-bond acceptors (Lipinski definition) is 3. The van der Waals surface area contributed by atoms with Gasteiger partial charge in [0.15, 0.2) is 5.96 Å². The molecule has 1 aromatic carbocycles. The minimum atomic E-state index is 0.624.